The highest BCUT2D eigenvalue weighted by atomic mass is 15.1. The van der Waals surface area contributed by atoms with Gasteiger partial charge in [0.25, 0.3) is 0 Å². The fraction of sp³-hybridized carbons (Fsp3) is 0.353. The van der Waals surface area contributed by atoms with Crippen molar-refractivity contribution < 1.29 is 0 Å². The highest BCUT2D eigenvalue weighted by Crippen LogP contribution is 2.17. The standard InChI is InChI=1S/C17H23N3/c1-4-20(17-9-5-14(2)6-10-17)13-16-8-7-15(11-18-3)12-19-16/h5-10,12,18H,4,11,13H2,1-3H3. The molecule has 0 saturated carbocycles. The Hall–Kier alpha value is -1.87. The van der Waals surface area contributed by atoms with Crippen LogP contribution in [0.2, 0.25) is 0 Å². The van der Waals surface area contributed by atoms with Crippen molar-refractivity contribution in [3.8, 4) is 0 Å². The molecule has 3 heteroatoms. The summed E-state index contributed by atoms with van der Waals surface area (Å²) >= 11 is 0. The lowest BCUT2D eigenvalue weighted by molar-refractivity contribution is 0.790. The van der Waals surface area contributed by atoms with E-state index >= 15 is 0 Å². The second-order valence-electron chi connectivity index (χ2n) is 5.04. The van der Waals surface area contributed by atoms with Crippen LogP contribution in [0.25, 0.3) is 0 Å². The molecule has 0 amide bonds. The third-order valence-electron chi connectivity index (χ3n) is 3.40. The fourth-order valence-electron chi connectivity index (χ4n) is 2.19. The normalized spacial score (nSPS) is 10.6. The Kier molecular flexibility index (Phi) is 5.13. The molecule has 1 aromatic carbocycles. The molecule has 0 fully saturated rings. The molecule has 0 saturated heterocycles. The zero-order chi connectivity index (χ0) is 14.4. The Balaban J connectivity index is 2.07. The van der Waals surface area contributed by atoms with Crippen molar-refractivity contribution in [1.82, 2.24) is 10.3 Å². The van der Waals surface area contributed by atoms with Crippen LogP contribution in [0.5, 0.6) is 0 Å². The van der Waals surface area contributed by atoms with Crippen molar-refractivity contribution >= 4 is 5.69 Å². The topological polar surface area (TPSA) is 28.2 Å². The summed E-state index contributed by atoms with van der Waals surface area (Å²) in [6.07, 6.45) is 1.95. The van der Waals surface area contributed by atoms with Crippen LogP contribution < -0.4 is 10.2 Å². The van der Waals surface area contributed by atoms with E-state index in [1.807, 2.05) is 13.2 Å². The Morgan fingerprint density at radius 2 is 1.85 bits per heavy atom. The molecule has 20 heavy (non-hydrogen) atoms. The minimum absolute atomic E-state index is 0.847. The SMILES string of the molecule is CCN(Cc1ccc(CNC)cn1)c1ccc(C)cc1. The van der Waals surface area contributed by atoms with Crippen molar-refractivity contribution in [3.05, 3.63) is 59.4 Å². The highest BCUT2D eigenvalue weighted by Gasteiger charge is 2.06. The van der Waals surface area contributed by atoms with Gasteiger partial charge < -0.3 is 10.2 Å². The van der Waals surface area contributed by atoms with E-state index in [9.17, 15) is 0 Å². The molecular formula is C17H23N3. The van der Waals surface area contributed by atoms with Gasteiger partial charge in [-0.2, -0.15) is 0 Å². The van der Waals surface area contributed by atoms with Crippen molar-refractivity contribution in [1.29, 1.82) is 0 Å². The van der Waals surface area contributed by atoms with Gasteiger partial charge in [0.15, 0.2) is 0 Å². The lowest BCUT2D eigenvalue weighted by Gasteiger charge is -2.23. The first-order valence-electron chi connectivity index (χ1n) is 7.13. The average Bonchev–Trinajstić information content (AvgIpc) is 2.48. The number of hydrogen-bond acceptors (Lipinski definition) is 3. The smallest absolute Gasteiger partial charge is 0.0601 e. The van der Waals surface area contributed by atoms with Crippen LogP contribution in [-0.2, 0) is 13.1 Å². The third-order valence-corrected chi connectivity index (χ3v) is 3.40. The van der Waals surface area contributed by atoms with Gasteiger partial charge in [0.1, 0.15) is 0 Å². The lowest BCUT2D eigenvalue weighted by Crippen LogP contribution is -2.22. The Labute approximate surface area is 121 Å². The Bertz CT molecular complexity index is 517. The van der Waals surface area contributed by atoms with Gasteiger partial charge in [-0.05, 0) is 44.7 Å². The molecular weight excluding hydrogens is 246 g/mol. The van der Waals surface area contributed by atoms with Crippen LogP contribution in [0, 0.1) is 6.92 Å². The number of anilines is 1. The summed E-state index contributed by atoms with van der Waals surface area (Å²) in [4.78, 5) is 6.88. The molecule has 0 bridgehead atoms. The summed E-state index contributed by atoms with van der Waals surface area (Å²) in [6.45, 7) is 6.97. The number of nitrogens with one attached hydrogen (secondary N) is 1. The van der Waals surface area contributed by atoms with Crippen molar-refractivity contribution in [3.63, 3.8) is 0 Å². The molecule has 0 spiro atoms. The van der Waals surface area contributed by atoms with Gasteiger partial charge in [-0.25, -0.2) is 0 Å². The zero-order valence-electron chi connectivity index (χ0n) is 12.6. The average molecular weight is 269 g/mol. The maximum Gasteiger partial charge on any atom is 0.0601 e. The lowest BCUT2D eigenvalue weighted by atomic mass is 10.2. The van der Waals surface area contributed by atoms with Crippen molar-refractivity contribution in [2.75, 3.05) is 18.5 Å². The van der Waals surface area contributed by atoms with Gasteiger partial charge in [0.05, 0.1) is 12.2 Å². The molecule has 0 unspecified atom stereocenters. The van der Waals surface area contributed by atoms with E-state index in [0.717, 1.165) is 25.3 Å². The van der Waals surface area contributed by atoms with Crippen LogP contribution in [-0.4, -0.2) is 18.6 Å². The molecule has 2 rings (SSSR count). The predicted molar refractivity (Wildman–Crippen MR) is 84.9 cm³/mol. The molecule has 1 heterocycles. The largest absolute Gasteiger partial charge is 0.366 e. The second-order valence-corrected chi connectivity index (χ2v) is 5.04. The number of nitrogens with zero attached hydrogens (tertiary/aromatic N) is 2. The molecule has 0 aliphatic carbocycles. The quantitative estimate of drug-likeness (QED) is 0.873. The maximum absolute atomic E-state index is 4.55. The first kappa shape index (κ1) is 14.5. The first-order valence-corrected chi connectivity index (χ1v) is 7.13. The van der Waals surface area contributed by atoms with Gasteiger partial charge >= 0.3 is 0 Å². The number of benzene rings is 1. The summed E-state index contributed by atoms with van der Waals surface area (Å²) in [5.41, 5.74) is 4.86. The molecule has 0 aliphatic heterocycles. The highest BCUT2D eigenvalue weighted by molar-refractivity contribution is 5.47. The van der Waals surface area contributed by atoms with E-state index in [-0.39, 0.29) is 0 Å². The number of rotatable bonds is 6. The van der Waals surface area contributed by atoms with Gasteiger partial charge in [-0.1, -0.05) is 23.8 Å². The van der Waals surface area contributed by atoms with E-state index in [4.69, 9.17) is 0 Å². The molecule has 3 nitrogen and oxygen atoms in total. The maximum atomic E-state index is 4.55. The second kappa shape index (κ2) is 7.06. The molecule has 106 valence electrons. The van der Waals surface area contributed by atoms with E-state index in [1.54, 1.807) is 0 Å². The molecule has 0 atom stereocenters. The minimum atomic E-state index is 0.847. The summed E-state index contributed by atoms with van der Waals surface area (Å²) < 4.78 is 0. The number of aromatic nitrogens is 1. The molecule has 1 N–H and O–H groups in total. The van der Waals surface area contributed by atoms with Gasteiger partial charge in [-0.15, -0.1) is 0 Å². The van der Waals surface area contributed by atoms with Gasteiger partial charge in [-0.3, -0.25) is 4.98 Å². The van der Waals surface area contributed by atoms with Gasteiger partial charge in [0, 0.05) is 25.0 Å². The van der Waals surface area contributed by atoms with E-state index < -0.39 is 0 Å². The Morgan fingerprint density at radius 1 is 1.10 bits per heavy atom. The van der Waals surface area contributed by atoms with Crippen LogP contribution in [0.1, 0.15) is 23.7 Å². The predicted octanol–water partition coefficient (Wildman–Crippen LogP) is 3.14. The summed E-state index contributed by atoms with van der Waals surface area (Å²) in [5.74, 6) is 0. The number of pyridine rings is 1. The van der Waals surface area contributed by atoms with Crippen LogP contribution in [0.15, 0.2) is 42.6 Å². The van der Waals surface area contributed by atoms with E-state index in [1.165, 1.54) is 16.8 Å². The molecule has 2 aromatic rings. The van der Waals surface area contributed by atoms with Gasteiger partial charge in [0.2, 0.25) is 0 Å². The van der Waals surface area contributed by atoms with Crippen molar-refractivity contribution in [2.45, 2.75) is 26.9 Å². The summed E-state index contributed by atoms with van der Waals surface area (Å²) in [7, 11) is 1.95. The van der Waals surface area contributed by atoms with Crippen LogP contribution >= 0.6 is 0 Å². The third kappa shape index (κ3) is 3.81. The zero-order valence-corrected chi connectivity index (χ0v) is 12.6. The molecule has 1 aromatic heterocycles. The van der Waals surface area contributed by atoms with Crippen LogP contribution in [0.4, 0.5) is 5.69 Å². The monoisotopic (exact) mass is 269 g/mol. The molecule has 0 aliphatic rings. The Morgan fingerprint density at radius 3 is 2.40 bits per heavy atom. The number of hydrogen-bond donors (Lipinski definition) is 1. The van der Waals surface area contributed by atoms with E-state index in [0.29, 0.717) is 0 Å². The minimum Gasteiger partial charge on any atom is -0.366 e. The summed E-state index contributed by atoms with van der Waals surface area (Å²) in [6, 6.07) is 12.9. The van der Waals surface area contributed by atoms with E-state index in [2.05, 4.69) is 65.4 Å². The summed E-state index contributed by atoms with van der Waals surface area (Å²) in [5, 5.41) is 3.14. The fourth-order valence-corrected chi connectivity index (χ4v) is 2.19. The van der Waals surface area contributed by atoms with Crippen molar-refractivity contribution in [2.24, 2.45) is 0 Å². The first-order chi connectivity index (χ1) is 9.72. The molecule has 0 radical (unpaired) electrons. The number of aryl methyl sites for hydroxylation is 1. The van der Waals surface area contributed by atoms with Crippen LogP contribution in [0.3, 0.4) is 0 Å².